The number of anilines is 1. The number of carbonyl (C=O) groups excluding carboxylic acids is 1. The van der Waals surface area contributed by atoms with Crippen molar-refractivity contribution in [3.8, 4) is 5.75 Å². The summed E-state index contributed by atoms with van der Waals surface area (Å²) in [6, 6.07) is 8.20. The van der Waals surface area contributed by atoms with Gasteiger partial charge in [-0.15, -0.1) is 0 Å². The lowest BCUT2D eigenvalue weighted by atomic mass is 10.1. The van der Waals surface area contributed by atoms with Crippen molar-refractivity contribution in [3.63, 3.8) is 0 Å². The minimum absolute atomic E-state index is 0.0580. The van der Waals surface area contributed by atoms with Gasteiger partial charge in [0.05, 0.1) is 7.11 Å². The molecular weight excluding hydrogens is 254 g/mol. The molecule has 0 saturated carbocycles. The van der Waals surface area contributed by atoms with Gasteiger partial charge in [0.15, 0.2) is 6.61 Å². The van der Waals surface area contributed by atoms with Crippen LogP contribution in [0.25, 0.3) is 0 Å². The molecule has 0 unspecified atom stereocenters. The molecule has 1 rings (SSSR count). The standard InChI is InChI=1S/C16H25NO3/c1-4-6-13(7-5-2)17-14-8-10-15(11-9-14)20-12-16(18)19-3/h8-11,13,17H,4-7,12H2,1-3H3. The van der Waals surface area contributed by atoms with Crippen molar-refractivity contribution < 1.29 is 14.3 Å². The van der Waals surface area contributed by atoms with Crippen molar-refractivity contribution in [1.82, 2.24) is 0 Å². The molecule has 0 heterocycles. The van der Waals surface area contributed by atoms with Crippen molar-refractivity contribution in [2.24, 2.45) is 0 Å². The molecule has 0 bridgehead atoms. The van der Waals surface area contributed by atoms with E-state index in [0.29, 0.717) is 11.8 Å². The molecule has 0 aliphatic rings. The van der Waals surface area contributed by atoms with Crippen molar-refractivity contribution in [2.45, 2.75) is 45.6 Å². The summed E-state index contributed by atoms with van der Waals surface area (Å²) < 4.78 is 9.84. The average Bonchev–Trinajstić information content (AvgIpc) is 2.46. The number of nitrogens with one attached hydrogen (secondary N) is 1. The fourth-order valence-electron chi connectivity index (χ4n) is 2.07. The molecule has 0 saturated heterocycles. The molecule has 0 atom stereocenters. The lowest BCUT2D eigenvalue weighted by Gasteiger charge is -2.18. The third kappa shape index (κ3) is 5.95. The molecule has 0 aliphatic carbocycles. The number of methoxy groups -OCH3 is 1. The number of carbonyl (C=O) groups is 1. The third-order valence-corrected chi connectivity index (χ3v) is 3.08. The Kier molecular flexibility index (Phi) is 7.55. The van der Waals surface area contributed by atoms with Gasteiger partial charge < -0.3 is 14.8 Å². The Hall–Kier alpha value is -1.71. The molecule has 112 valence electrons. The molecular formula is C16H25NO3. The van der Waals surface area contributed by atoms with Gasteiger partial charge in [0, 0.05) is 11.7 Å². The molecule has 20 heavy (non-hydrogen) atoms. The molecule has 0 radical (unpaired) electrons. The third-order valence-electron chi connectivity index (χ3n) is 3.08. The van der Waals surface area contributed by atoms with Crippen LogP contribution in [0.2, 0.25) is 0 Å². The molecule has 1 aromatic carbocycles. The van der Waals surface area contributed by atoms with Crippen LogP contribution in [0.15, 0.2) is 24.3 Å². The second kappa shape index (κ2) is 9.23. The van der Waals surface area contributed by atoms with E-state index < -0.39 is 0 Å². The summed E-state index contributed by atoms with van der Waals surface area (Å²) in [6.07, 6.45) is 4.71. The number of esters is 1. The van der Waals surface area contributed by atoms with E-state index in [9.17, 15) is 4.79 Å². The monoisotopic (exact) mass is 279 g/mol. The Bertz CT molecular complexity index is 383. The van der Waals surface area contributed by atoms with Crippen LogP contribution < -0.4 is 10.1 Å². The predicted octanol–water partition coefficient (Wildman–Crippen LogP) is 3.62. The largest absolute Gasteiger partial charge is 0.482 e. The summed E-state index contributed by atoms with van der Waals surface area (Å²) in [7, 11) is 1.35. The lowest BCUT2D eigenvalue weighted by Crippen LogP contribution is -2.18. The molecule has 0 spiro atoms. The first-order chi connectivity index (χ1) is 9.69. The summed E-state index contributed by atoms with van der Waals surface area (Å²) in [5.41, 5.74) is 1.09. The minimum Gasteiger partial charge on any atom is -0.482 e. The molecule has 0 amide bonds. The van der Waals surface area contributed by atoms with Crippen LogP contribution in [0, 0.1) is 0 Å². The number of benzene rings is 1. The predicted molar refractivity (Wildman–Crippen MR) is 81.2 cm³/mol. The molecule has 1 aromatic rings. The van der Waals surface area contributed by atoms with E-state index in [-0.39, 0.29) is 12.6 Å². The molecule has 4 heteroatoms. The maximum Gasteiger partial charge on any atom is 0.343 e. The number of hydrogen-bond acceptors (Lipinski definition) is 4. The highest BCUT2D eigenvalue weighted by Gasteiger charge is 2.06. The van der Waals surface area contributed by atoms with E-state index in [4.69, 9.17) is 4.74 Å². The van der Waals surface area contributed by atoms with Gasteiger partial charge in [0.25, 0.3) is 0 Å². The van der Waals surface area contributed by atoms with Crippen molar-refractivity contribution in [1.29, 1.82) is 0 Å². The lowest BCUT2D eigenvalue weighted by molar-refractivity contribution is -0.142. The first kappa shape index (κ1) is 16.3. The average molecular weight is 279 g/mol. The summed E-state index contributed by atoms with van der Waals surface area (Å²) in [5.74, 6) is 0.293. The molecule has 0 fully saturated rings. The zero-order chi connectivity index (χ0) is 14.8. The summed E-state index contributed by atoms with van der Waals surface area (Å²) in [4.78, 5) is 11.0. The van der Waals surface area contributed by atoms with Gasteiger partial charge in [-0.25, -0.2) is 4.79 Å². The van der Waals surface area contributed by atoms with Gasteiger partial charge in [-0.05, 0) is 37.1 Å². The smallest absolute Gasteiger partial charge is 0.343 e. The number of hydrogen-bond donors (Lipinski definition) is 1. The van der Waals surface area contributed by atoms with Crippen LogP contribution in [0.4, 0.5) is 5.69 Å². The zero-order valence-electron chi connectivity index (χ0n) is 12.6. The van der Waals surface area contributed by atoms with E-state index in [1.165, 1.54) is 32.8 Å². The van der Waals surface area contributed by atoms with E-state index in [1.54, 1.807) is 0 Å². The highest BCUT2D eigenvalue weighted by atomic mass is 16.6. The van der Waals surface area contributed by atoms with E-state index >= 15 is 0 Å². The van der Waals surface area contributed by atoms with Gasteiger partial charge in [-0.1, -0.05) is 26.7 Å². The zero-order valence-corrected chi connectivity index (χ0v) is 12.6. The Morgan fingerprint density at radius 3 is 2.25 bits per heavy atom. The second-order valence-electron chi connectivity index (χ2n) is 4.81. The van der Waals surface area contributed by atoms with Crippen LogP contribution in [-0.2, 0) is 9.53 Å². The normalized spacial score (nSPS) is 10.4. The Balaban J connectivity index is 2.50. The van der Waals surface area contributed by atoms with Gasteiger partial charge in [0.2, 0.25) is 0 Å². The highest BCUT2D eigenvalue weighted by molar-refractivity contribution is 5.70. The summed E-state index contributed by atoms with van der Waals surface area (Å²) in [5, 5.41) is 3.54. The van der Waals surface area contributed by atoms with E-state index in [2.05, 4.69) is 23.9 Å². The molecule has 1 N–H and O–H groups in total. The molecule has 0 aromatic heterocycles. The van der Waals surface area contributed by atoms with Crippen molar-refractivity contribution >= 4 is 11.7 Å². The molecule has 4 nitrogen and oxygen atoms in total. The first-order valence-corrected chi connectivity index (χ1v) is 7.25. The van der Waals surface area contributed by atoms with Gasteiger partial charge in [0.1, 0.15) is 5.75 Å². The maximum atomic E-state index is 11.0. The number of rotatable bonds is 9. The van der Waals surface area contributed by atoms with Gasteiger partial charge in [-0.2, -0.15) is 0 Å². The minimum atomic E-state index is -0.377. The first-order valence-electron chi connectivity index (χ1n) is 7.25. The Morgan fingerprint density at radius 2 is 1.75 bits per heavy atom. The Morgan fingerprint density at radius 1 is 1.15 bits per heavy atom. The number of ether oxygens (including phenoxy) is 2. The summed E-state index contributed by atoms with van der Waals surface area (Å²) >= 11 is 0. The van der Waals surface area contributed by atoms with E-state index in [0.717, 1.165) is 5.69 Å². The fourth-order valence-corrected chi connectivity index (χ4v) is 2.07. The highest BCUT2D eigenvalue weighted by Crippen LogP contribution is 2.18. The van der Waals surface area contributed by atoms with E-state index in [1.807, 2.05) is 24.3 Å². The summed E-state index contributed by atoms with van der Waals surface area (Å²) in [6.45, 7) is 4.35. The SMILES string of the molecule is CCCC(CCC)Nc1ccc(OCC(=O)OC)cc1. The van der Waals surface area contributed by atoms with Crippen LogP contribution in [-0.4, -0.2) is 25.7 Å². The fraction of sp³-hybridized carbons (Fsp3) is 0.562. The maximum absolute atomic E-state index is 11.0. The second-order valence-corrected chi connectivity index (χ2v) is 4.81. The Labute approximate surface area is 121 Å². The van der Waals surface area contributed by atoms with Crippen LogP contribution in [0.1, 0.15) is 39.5 Å². The van der Waals surface area contributed by atoms with Crippen LogP contribution in [0.5, 0.6) is 5.75 Å². The van der Waals surface area contributed by atoms with Crippen LogP contribution in [0.3, 0.4) is 0 Å². The van der Waals surface area contributed by atoms with Crippen molar-refractivity contribution in [3.05, 3.63) is 24.3 Å². The van der Waals surface area contributed by atoms with Gasteiger partial charge in [-0.3, -0.25) is 0 Å². The quantitative estimate of drug-likeness (QED) is 0.701. The topological polar surface area (TPSA) is 47.6 Å². The van der Waals surface area contributed by atoms with Crippen LogP contribution >= 0.6 is 0 Å². The van der Waals surface area contributed by atoms with Crippen molar-refractivity contribution in [2.75, 3.05) is 19.0 Å². The molecule has 0 aliphatic heterocycles. The van der Waals surface area contributed by atoms with Gasteiger partial charge >= 0.3 is 5.97 Å².